The predicted octanol–water partition coefficient (Wildman–Crippen LogP) is 2.89. The van der Waals surface area contributed by atoms with E-state index in [0.29, 0.717) is 13.2 Å². The molecule has 2 fully saturated rings. The van der Waals surface area contributed by atoms with E-state index < -0.39 is 0 Å². The van der Waals surface area contributed by atoms with Crippen LogP contribution in [0.25, 0.3) is 0 Å². The minimum absolute atomic E-state index is 0.602. The molecule has 4 heteroatoms. The van der Waals surface area contributed by atoms with Crippen LogP contribution in [-0.4, -0.2) is 19.8 Å². The summed E-state index contributed by atoms with van der Waals surface area (Å²) in [5.41, 5.74) is 7.85. The molecule has 0 amide bonds. The molecule has 0 unspecified atom stereocenters. The lowest BCUT2D eigenvalue weighted by molar-refractivity contribution is 0.172. The van der Waals surface area contributed by atoms with Gasteiger partial charge in [-0.15, -0.1) is 0 Å². The standard InChI is InChI=1S/C16H22N2O2/c17-13-7-15-16(20-6-5-19-15)8-14(13)18-9-12(10-1-2-10)11-3-4-11/h7-8,10-12,18H,1-6,9,17H2. The van der Waals surface area contributed by atoms with Gasteiger partial charge in [-0.05, 0) is 43.4 Å². The zero-order chi connectivity index (χ0) is 13.5. The molecule has 1 aliphatic heterocycles. The highest BCUT2D eigenvalue weighted by Gasteiger charge is 2.41. The van der Waals surface area contributed by atoms with Crippen LogP contribution in [0.2, 0.25) is 0 Å². The molecule has 0 radical (unpaired) electrons. The zero-order valence-corrected chi connectivity index (χ0v) is 11.7. The fourth-order valence-electron chi connectivity index (χ4n) is 3.25. The second kappa shape index (κ2) is 4.76. The summed E-state index contributed by atoms with van der Waals surface area (Å²) in [4.78, 5) is 0. The summed E-state index contributed by atoms with van der Waals surface area (Å²) in [6.45, 7) is 2.26. The number of anilines is 2. The maximum atomic E-state index is 6.12. The van der Waals surface area contributed by atoms with Crippen molar-refractivity contribution in [2.24, 2.45) is 17.8 Å². The fraction of sp³-hybridized carbons (Fsp3) is 0.625. The highest BCUT2D eigenvalue weighted by atomic mass is 16.6. The van der Waals surface area contributed by atoms with Crippen LogP contribution in [0.15, 0.2) is 12.1 Å². The summed E-state index contributed by atoms with van der Waals surface area (Å²) >= 11 is 0. The van der Waals surface area contributed by atoms with E-state index in [9.17, 15) is 0 Å². The third kappa shape index (κ3) is 2.39. The molecule has 2 saturated carbocycles. The third-order valence-corrected chi connectivity index (χ3v) is 4.70. The first-order chi connectivity index (χ1) is 9.81. The van der Waals surface area contributed by atoms with Gasteiger partial charge >= 0.3 is 0 Å². The molecule has 4 rings (SSSR count). The third-order valence-electron chi connectivity index (χ3n) is 4.70. The molecule has 1 aromatic carbocycles. The van der Waals surface area contributed by atoms with Crippen molar-refractivity contribution < 1.29 is 9.47 Å². The van der Waals surface area contributed by atoms with Gasteiger partial charge < -0.3 is 20.5 Å². The van der Waals surface area contributed by atoms with E-state index in [0.717, 1.165) is 47.2 Å². The number of nitrogens with two attached hydrogens (primary N) is 1. The normalized spacial score (nSPS) is 21.1. The van der Waals surface area contributed by atoms with E-state index in [1.807, 2.05) is 12.1 Å². The summed E-state index contributed by atoms with van der Waals surface area (Å²) in [6, 6.07) is 3.86. The number of rotatable bonds is 5. The van der Waals surface area contributed by atoms with Crippen molar-refractivity contribution in [3.05, 3.63) is 12.1 Å². The topological polar surface area (TPSA) is 56.5 Å². The Bertz CT molecular complexity index is 497. The molecule has 1 heterocycles. The molecular formula is C16H22N2O2. The van der Waals surface area contributed by atoms with Crippen LogP contribution < -0.4 is 20.5 Å². The first-order valence-electron chi connectivity index (χ1n) is 7.74. The molecule has 20 heavy (non-hydrogen) atoms. The lowest BCUT2D eigenvalue weighted by Crippen LogP contribution is -2.20. The van der Waals surface area contributed by atoms with Crippen LogP contribution in [-0.2, 0) is 0 Å². The Morgan fingerprint density at radius 2 is 1.65 bits per heavy atom. The molecule has 0 bridgehead atoms. The van der Waals surface area contributed by atoms with E-state index in [1.165, 1.54) is 25.7 Å². The Kier molecular flexibility index (Phi) is 2.90. The molecule has 0 spiro atoms. The quantitative estimate of drug-likeness (QED) is 0.811. The summed E-state index contributed by atoms with van der Waals surface area (Å²) in [6.07, 6.45) is 5.66. The first kappa shape index (κ1) is 12.2. The second-order valence-electron chi connectivity index (χ2n) is 6.30. The summed E-state index contributed by atoms with van der Waals surface area (Å²) in [7, 11) is 0. The van der Waals surface area contributed by atoms with E-state index in [2.05, 4.69) is 5.32 Å². The van der Waals surface area contributed by atoms with Gasteiger partial charge in [-0.1, -0.05) is 0 Å². The summed E-state index contributed by atoms with van der Waals surface area (Å²) in [5.74, 6) is 4.31. The van der Waals surface area contributed by atoms with Gasteiger partial charge in [0.25, 0.3) is 0 Å². The van der Waals surface area contributed by atoms with Crippen molar-refractivity contribution in [3.63, 3.8) is 0 Å². The van der Waals surface area contributed by atoms with E-state index in [-0.39, 0.29) is 0 Å². The summed E-state index contributed by atoms with van der Waals surface area (Å²) in [5, 5.41) is 3.55. The molecule has 2 aliphatic carbocycles. The highest BCUT2D eigenvalue weighted by molar-refractivity contribution is 5.72. The SMILES string of the molecule is Nc1cc2c(cc1NCC(C1CC1)C1CC1)OCCO2. The molecule has 0 atom stereocenters. The molecule has 108 valence electrons. The first-order valence-corrected chi connectivity index (χ1v) is 7.74. The lowest BCUT2D eigenvalue weighted by atomic mass is 9.98. The van der Waals surface area contributed by atoms with E-state index >= 15 is 0 Å². The Balaban J connectivity index is 1.47. The maximum Gasteiger partial charge on any atom is 0.163 e. The highest BCUT2D eigenvalue weighted by Crippen LogP contribution is 2.49. The van der Waals surface area contributed by atoms with Crippen molar-refractivity contribution in [2.75, 3.05) is 30.8 Å². The van der Waals surface area contributed by atoms with Gasteiger partial charge in [0.05, 0.1) is 11.4 Å². The van der Waals surface area contributed by atoms with Crippen molar-refractivity contribution in [2.45, 2.75) is 25.7 Å². The maximum absolute atomic E-state index is 6.12. The number of ether oxygens (including phenoxy) is 2. The number of nitrogen functional groups attached to an aromatic ring is 1. The zero-order valence-electron chi connectivity index (χ0n) is 11.7. The monoisotopic (exact) mass is 274 g/mol. The molecule has 3 aliphatic rings. The number of benzene rings is 1. The van der Waals surface area contributed by atoms with Crippen LogP contribution in [0.1, 0.15) is 25.7 Å². The smallest absolute Gasteiger partial charge is 0.163 e. The molecule has 0 aromatic heterocycles. The van der Waals surface area contributed by atoms with E-state index in [4.69, 9.17) is 15.2 Å². The average Bonchev–Trinajstić information content (AvgIpc) is 3.33. The molecular weight excluding hydrogens is 252 g/mol. The van der Waals surface area contributed by atoms with Gasteiger partial charge in [0, 0.05) is 18.7 Å². The van der Waals surface area contributed by atoms with Gasteiger partial charge in [-0.3, -0.25) is 0 Å². The number of nitrogens with one attached hydrogen (secondary N) is 1. The van der Waals surface area contributed by atoms with Crippen LogP contribution in [0.3, 0.4) is 0 Å². The van der Waals surface area contributed by atoms with Crippen LogP contribution in [0.4, 0.5) is 11.4 Å². The Morgan fingerprint density at radius 1 is 1.05 bits per heavy atom. The molecule has 3 N–H and O–H groups in total. The van der Waals surface area contributed by atoms with Crippen LogP contribution >= 0.6 is 0 Å². The molecule has 4 nitrogen and oxygen atoms in total. The minimum Gasteiger partial charge on any atom is -0.486 e. The molecule has 0 saturated heterocycles. The van der Waals surface area contributed by atoms with Crippen LogP contribution in [0.5, 0.6) is 11.5 Å². The van der Waals surface area contributed by atoms with Gasteiger partial charge in [0.2, 0.25) is 0 Å². The van der Waals surface area contributed by atoms with Gasteiger partial charge in [-0.25, -0.2) is 0 Å². The largest absolute Gasteiger partial charge is 0.486 e. The van der Waals surface area contributed by atoms with Crippen molar-refractivity contribution in [3.8, 4) is 11.5 Å². The average molecular weight is 274 g/mol. The number of hydrogen-bond donors (Lipinski definition) is 2. The Hall–Kier alpha value is -1.58. The van der Waals surface area contributed by atoms with Crippen molar-refractivity contribution >= 4 is 11.4 Å². The van der Waals surface area contributed by atoms with Gasteiger partial charge in [-0.2, -0.15) is 0 Å². The Morgan fingerprint density at radius 3 is 2.25 bits per heavy atom. The lowest BCUT2D eigenvalue weighted by Gasteiger charge is -2.22. The summed E-state index contributed by atoms with van der Waals surface area (Å²) < 4.78 is 11.2. The number of fused-ring (bicyclic) bond motifs is 1. The van der Waals surface area contributed by atoms with Crippen LogP contribution in [0, 0.1) is 17.8 Å². The predicted molar refractivity (Wildman–Crippen MR) is 79.3 cm³/mol. The molecule has 1 aromatic rings. The Labute approximate surface area is 119 Å². The number of hydrogen-bond acceptors (Lipinski definition) is 4. The second-order valence-corrected chi connectivity index (χ2v) is 6.30. The van der Waals surface area contributed by atoms with Crippen molar-refractivity contribution in [1.82, 2.24) is 0 Å². The fourth-order valence-corrected chi connectivity index (χ4v) is 3.25. The van der Waals surface area contributed by atoms with E-state index in [1.54, 1.807) is 0 Å². The minimum atomic E-state index is 0.602. The van der Waals surface area contributed by atoms with Gasteiger partial charge in [0.15, 0.2) is 11.5 Å². The van der Waals surface area contributed by atoms with Crippen molar-refractivity contribution in [1.29, 1.82) is 0 Å². The van der Waals surface area contributed by atoms with Gasteiger partial charge in [0.1, 0.15) is 13.2 Å².